The number of ether oxygens (including phenoxy) is 2. The van der Waals surface area contributed by atoms with Crippen molar-refractivity contribution in [3.05, 3.63) is 24.3 Å². The maximum absolute atomic E-state index is 10.7. The van der Waals surface area contributed by atoms with E-state index in [1.54, 1.807) is 0 Å². The number of aliphatic hydroxyl groups excluding tert-OH is 2. The fourth-order valence-corrected chi connectivity index (χ4v) is 6.54. The van der Waals surface area contributed by atoms with Gasteiger partial charge in [0.25, 0.3) is 0 Å². The van der Waals surface area contributed by atoms with E-state index in [1.807, 2.05) is 24.3 Å². The molecule has 2 aliphatic carbocycles. The standard InChI is InChI=1S/C22H38O4Si2/c23-21-15(10-12-27)4-1-8-19(21)25-17-6-3-7-18(14-17)26-20-9-2-5-16(11-13-28)22(20)24/h3,6-7,14-16,19-24H,1-2,4-5,8-13H2,27-28H3. The summed E-state index contributed by atoms with van der Waals surface area (Å²) in [6.07, 6.45) is 7.56. The molecule has 6 heteroatoms. The quantitative estimate of drug-likeness (QED) is 0.628. The lowest BCUT2D eigenvalue weighted by atomic mass is 9.83. The Morgan fingerprint density at radius 1 is 0.786 bits per heavy atom. The van der Waals surface area contributed by atoms with Crippen LogP contribution in [0.5, 0.6) is 11.5 Å². The van der Waals surface area contributed by atoms with E-state index in [0.717, 1.165) is 62.9 Å². The number of hydrogen-bond donors (Lipinski definition) is 2. The summed E-state index contributed by atoms with van der Waals surface area (Å²) in [6, 6.07) is 10.2. The molecule has 2 saturated carbocycles. The Bertz CT molecular complexity index is 548. The molecule has 0 spiro atoms. The van der Waals surface area contributed by atoms with Gasteiger partial charge in [0.2, 0.25) is 0 Å². The molecule has 0 heterocycles. The number of benzene rings is 1. The number of hydrogen-bond acceptors (Lipinski definition) is 4. The van der Waals surface area contributed by atoms with Crippen LogP contribution in [-0.2, 0) is 0 Å². The third-order valence-corrected chi connectivity index (χ3v) is 7.71. The zero-order valence-corrected chi connectivity index (χ0v) is 21.6. The van der Waals surface area contributed by atoms with Gasteiger partial charge in [-0.3, -0.25) is 0 Å². The molecule has 3 rings (SSSR count). The molecule has 6 unspecified atom stereocenters. The Morgan fingerprint density at radius 2 is 1.25 bits per heavy atom. The van der Waals surface area contributed by atoms with Crippen molar-refractivity contribution in [2.24, 2.45) is 11.8 Å². The van der Waals surface area contributed by atoms with E-state index < -0.39 is 0 Å². The maximum atomic E-state index is 10.7. The summed E-state index contributed by atoms with van der Waals surface area (Å²) in [5.41, 5.74) is 0. The molecule has 4 nitrogen and oxygen atoms in total. The van der Waals surface area contributed by atoms with Gasteiger partial charge >= 0.3 is 0 Å². The second-order valence-corrected chi connectivity index (χ2v) is 10.7. The molecule has 1 aromatic carbocycles. The zero-order chi connectivity index (χ0) is 19.9. The molecular weight excluding hydrogens is 384 g/mol. The minimum absolute atomic E-state index is 0.124. The van der Waals surface area contributed by atoms with Gasteiger partial charge in [-0.1, -0.05) is 31.0 Å². The summed E-state index contributed by atoms with van der Waals surface area (Å²) in [6.45, 7) is 0. The summed E-state index contributed by atoms with van der Waals surface area (Å²) in [4.78, 5) is 0. The number of aliphatic hydroxyl groups is 2. The average molecular weight is 423 g/mol. The third kappa shape index (κ3) is 5.62. The summed E-state index contributed by atoms with van der Waals surface area (Å²) in [7, 11) is 2.39. The summed E-state index contributed by atoms with van der Waals surface area (Å²) in [5, 5.41) is 21.4. The van der Waals surface area contributed by atoms with Crippen LogP contribution in [0.1, 0.15) is 51.4 Å². The molecule has 0 saturated heterocycles. The molecule has 0 aromatic heterocycles. The van der Waals surface area contributed by atoms with Crippen LogP contribution in [0.15, 0.2) is 24.3 Å². The summed E-state index contributed by atoms with van der Waals surface area (Å²) >= 11 is 0. The first-order valence-corrected chi connectivity index (χ1v) is 14.2. The van der Waals surface area contributed by atoms with Crippen molar-refractivity contribution >= 4 is 20.5 Å². The Kier molecular flexibility index (Phi) is 8.44. The topological polar surface area (TPSA) is 58.9 Å². The van der Waals surface area contributed by atoms with Crippen molar-refractivity contribution in [2.75, 3.05) is 0 Å². The Balaban J connectivity index is 1.61. The Hall–Kier alpha value is -0.826. The normalized spacial score (nSPS) is 33.6. The van der Waals surface area contributed by atoms with Crippen LogP contribution in [0.25, 0.3) is 0 Å². The Labute approximate surface area is 175 Å². The van der Waals surface area contributed by atoms with Gasteiger partial charge in [-0.25, -0.2) is 0 Å². The second-order valence-electron chi connectivity index (χ2n) is 8.73. The first kappa shape index (κ1) is 21.9. The first-order valence-electron chi connectivity index (χ1n) is 11.4. The molecular formula is C22H38O4Si2. The molecule has 0 bridgehead atoms. The van der Waals surface area contributed by atoms with Gasteiger partial charge in [0, 0.05) is 26.6 Å². The van der Waals surface area contributed by atoms with E-state index in [1.165, 1.54) is 32.6 Å². The summed E-state index contributed by atoms with van der Waals surface area (Å²) in [5.74, 6) is 2.28. The highest BCUT2D eigenvalue weighted by Gasteiger charge is 2.34. The van der Waals surface area contributed by atoms with Crippen molar-refractivity contribution in [2.45, 2.75) is 87.9 Å². The van der Waals surface area contributed by atoms with Crippen LogP contribution in [0.4, 0.5) is 0 Å². The smallest absolute Gasteiger partial charge is 0.125 e. The molecule has 0 amide bonds. The third-order valence-electron chi connectivity index (χ3n) is 6.55. The van der Waals surface area contributed by atoms with E-state index in [9.17, 15) is 10.2 Å². The predicted octanol–water partition coefficient (Wildman–Crippen LogP) is 1.85. The van der Waals surface area contributed by atoms with E-state index >= 15 is 0 Å². The van der Waals surface area contributed by atoms with E-state index in [2.05, 4.69) is 0 Å². The van der Waals surface area contributed by atoms with E-state index in [4.69, 9.17) is 9.47 Å². The predicted molar refractivity (Wildman–Crippen MR) is 121 cm³/mol. The van der Waals surface area contributed by atoms with Crippen molar-refractivity contribution in [3.8, 4) is 11.5 Å². The lowest BCUT2D eigenvalue weighted by Crippen LogP contribution is -2.41. The molecule has 158 valence electrons. The maximum Gasteiger partial charge on any atom is 0.125 e. The van der Waals surface area contributed by atoms with Crippen molar-refractivity contribution < 1.29 is 19.7 Å². The fourth-order valence-electron chi connectivity index (χ4n) is 5.05. The lowest BCUT2D eigenvalue weighted by molar-refractivity contribution is -0.0350. The SMILES string of the molecule is OC1C(CC[SiH3])CCCC1Oc1cccc(OC2CCCC(CC[SiH3])C2O)c1. The van der Waals surface area contributed by atoms with Gasteiger partial charge in [-0.2, -0.15) is 0 Å². The van der Waals surface area contributed by atoms with Crippen LogP contribution in [0, 0.1) is 11.8 Å². The summed E-state index contributed by atoms with van der Waals surface area (Å²) < 4.78 is 12.4. The van der Waals surface area contributed by atoms with Crippen molar-refractivity contribution in [3.63, 3.8) is 0 Å². The van der Waals surface area contributed by atoms with E-state index in [-0.39, 0.29) is 24.4 Å². The van der Waals surface area contributed by atoms with Gasteiger partial charge < -0.3 is 19.7 Å². The molecule has 6 atom stereocenters. The first-order chi connectivity index (χ1) is 13.6. The zero-order valence-electron chi connectivity index (χ0n) is 17.6. The number of rotatable bonds is 8. The van der Waals surface area contributed by atoms with Gasteiger partial charge in [-0.05, 0) is 62.5 Å². The van der Waals surface area contributed by atoms with Gasteiger partial charge in [-0.15, -0.1) is 0 Å². The highest BCUT2D eigenvalue weighted by Crippen LogP contribution is 2.34. The molecule has 2 aliphatic rings. The molecule has 0 radical (unpaired) electrons. The van der Waals surface area contributed by atoms with Crippen molar-refractivity contribution in [1.82, 2.24) is 0 Å². The van der Waals surface area contributed by atoms with Crippen LogP contribution in [0.2, 0.25) is 12.1 Å². The highest BCUT2D eigenvalue weighted by molar-refractivity contribution is 6.08. The van der Waals surface area contributed by atoms with Crippen LogP contribution in [0.3, 0.4) is 0 Å². The van der Waals surface area contributed by atoms with Gasteiger partial charge in [0.05, 0.1) is 12.2 Å². The largest absolute Gasteiger partial charge is 0.488 e. The van der Waals surface area contributed by atoms with Gasteiger partial charge in [0.1, 0.15) is 23.7 Å². The average Bonchev–Trinajstić information content (AvgIpc) is 2.69. The lowest BCUT2D eigenvalue weighted by Gasteiger charge is -2.35. The fraction of sp³-hybridized carbons (Fsp3) is 0.727. The van der Waals surface area contributed by atoms with Crippen LogP contribution >= 0.6 is 0 Å². The monoisotopic (exact) mass is 422 g/mol. The minimum atomic E-state index is -0.370. The molecule has 28 heavy (non-hydrogen) atoms. The second kappa shape index (κ2) is 10.8. The van der Waals surface area contributed by atoms with Crippen LogP contribution < -0.4 is 9.47 Å². The molecule has 2 N–H and O–H groups in total. The Morgan fingerprint density at radius 3 is 1.68 bits per heavy atom. The minimum Gasteiger partial charge on any atom is -0.488 e. The highest BCUT2D eigenvalue weighted by atomic mass is 28.1. The van der Waals surface area contributed by atoms with Gasteiger partial charge in [0.15, 0.2) is 0 Å². The molecule has 2 fully saturated rings. The van der Waals surface area contributed by atoms with E-state index in [0.29, 0.717) is 11.8 Å². The molecule has 0 aliphatic heterocycles. The molecule has 1 aromatic rings. The van der Waals surface area contributed by atoms with Crippen molar-refractivity contribution in [1.29, 1.82) is 0 Å². The van der Waals surface area contributed by atoms with Crippen LogP contribution in [-0.4, -0.2) is 55.1 Å².